The first kappa shape index (κ1) is 23.1. The molecule has 1 aliphatic rings. The molecule has 0 bridgehead atoms. The van der Waals surface area contributed by atoms with E-state index in [1.807, 2.05) is 9.80 Å². The van der Waals surface area contributed by atoms with E-state index in [1.165, 1.54) is 0 Å². The van der Waals surface area contributed by atoms with Gasteiger partial charge in [-0.2, -0.15) is 0 Å². The molecular formula is C15H29N7O5. The Morgan fingerprint density at radius 3 is 2.11 bits per heavy atom. The van der Waals surface area contributed by atoms with Crippen molar-refractivity contribution in [2.75, 3.05) is 72.0 Å². The van der Waals surface area contributed by atoms with Gasteiger partial charge in [-0.25, -0.2) is 0 Å². The van der Waals surface area contributed by atoms with E-state index in [0.29, 0.717) is 58.8 Å². The van der Waals surface area contributed by atoms with Gasteiger partial charge < -0.3 is 20.6 Å². The van der Waals surface area contributed by atoms with E-state index in [0.717, 1.165) is 0 Å². The average molecular weight is 387 g/mol. The van der Waals surface area contributed by atoms with Gasteiger partial charge >= 0.3 is 5.97 Å². The Balaban J connectivity index is 2.56. The molecule has 1 fully saturated rings. The summed E-state index contributed by atoms with van der Waals surface area (Å²) in [4.78, 5) is 31.3. The number of aliphatic carboxylic acids is 1. The minimum Gasteiger partial charge on any atom is -0.480 e. The first-order valence-electron chi connectivity index (χ1n) is 8.93. The minimum absolute atomic E-state index is 0.0698. The molecule has 154 valence electrons. The van der Waals surface area contributed by atoms with Crippen LogP contribution in [-0.2, 0) is 9.59 Å². The van der Waals surface area contributed by atoms with Crippen molar-refractivity contribution >= 4 is 11.9 Å². The van der Waals surface area contributed by atoms with Crippen molar-refractivity contribution in [3.8, 4) is 0 Å². The topological polar surface area (TPSA) is 165 Å². The highest BCUT2D eigenvalue weighted by Crippen LogP contribution is 2.01. The molecule has 1 aliphatic heterocycles. The Hall–Kier alpha value is -1.95. The van der Waals surface area contributed by atoms with Crippen LogP contribution in [0.1, 0.15) is 6.42 Å². The maximum Gasteiger partial charge on any atom is 0.317 e. The van der Waals surface area contributed by atoms with Crippen molar-refractivity contribution in [2.24, 2.45) is 5.11 Å². The number of aliphatic hydroxyl groups is 2. The Kier molecular flexibility index (Phi) is 11.3. The van der Waals surface area contributed by atoms with Gasteiger partial charge in [-0.05, 0) is 12.0 Å². The second-order valence-electron chi connectivity index (χ2n) is 6.39. The number of rotatable bonds is 10. The lowest BCUT2D eigenvalue weighted by Gasteiger charge is -2.25. The number of hydrogen-bond donors (Lipinski definition) is 4. The zero-order valence-corrected chi connectivity index (χ0v) is 15.4. The maximum atomic E-state index is 12.1. The maximum absolute atomic E-state index is 12.1. The number of amides is 1. The molecule has 12 nitrogen and oxygen atoms in total. The van der Waals surface area contributed by atoms with Crippen molar-refractivity contribution in [3.05, 3.63) is 10.4 Å². The average Bonchev–Trinajstić information content (AvgIpc) is 2.67. The number of aliphatic hydroxyl groups excluding tert-OH is 1. The van der Waals surface area contributed by atoms with Crippen molar-refractivity contribution < 1.29 is 24.9 Å². The van der Waals surface area contributed by atoms with Crippen LogP contribution in [0.4, 0.5) is 0 Å². The summed E-state index contributed by atoms with van der Waals surface area (Å²) in [5.74, 6) is -1.08. The van der Waals surface area contributed by atoms with Gasteiger partial charge in [0.2, 0.25) is 5.91 Å². The molecule has 12 heteroatoms. The standard InChI is InChI=1S/C15H29N7O5/c16-19-18-3-1-2-17-13(23)10-20-4-6-21(11-14(24)25)8-9-22(7-5-20)12-15(26)27/h14,24-25H,1-12H2,(H,17,23)(H,26,27). The number of carboxylic acids is 1. The largest absolute Gasteiger partial charge is 0.480 e. The molecular weight excluding hydrogens is 358 g/mol. The molecule has 0 radical (unpaired) electrons. The van der Waals surface area contributed by atoms with Gasteiger partial charge in [0, 0.05) is 63.8 Å². The molecule has 0 unspecified atom stereocenters. The fourth-order valence-electron chi connectivity index (χ4n) is 2.79. The van der Waals surface area contributed by atoms with Gasteiger partial charge in [-0.1, -0.05) is 5.11 Å². The number of carboxylic acid groups (broad SMARTS) is 1. The third-order valence-electron chi connectivity index (χ3n) is 4.17. The smallest absolute Gasteiger partial charge is 0.317 e. The molecule has 4 N–H and O–H groups in total. The Bertz CT molecular complexity index is 513. The van der Waals surface area contributed by atoms with E-state index in [4.69, 9.17) is 10.6 Å². The summed E-state index contributed by atoms with van der Waals surface area (Å²) in [6, 6.07) is 0. The monoisotopic (exact) mass is 387 g/mol. The van der Waals surface area contributed by atoms with E-state index < -0.39 is 12.3 Å². The molecule has 1 saturated heterocycles. The summed E-state index contributed by atoms with van der Waals surface area (Å²) < 4.78 is 0. The molecule has 1 amide bonds. The molecule has 0 aromatic heterocycles. The van der Waals surface area contributed by atoms with E-state index >= 15 is 0 Å². The zero-order chi connectivity index (χ0) is 20.1. The number of nitrogens with one attached hydrogen (secondary N) is 1. The fourth-order valence-corrected chi connectivity index (χ4v) is 2.79. The second kappa shape index (κ2) is 13.3. The number of azide groups is 1. The van der Waals surface area contributed by atoms with Crippen molar-refractivity contribution in [1.82, 2.24) is 20.0 Å². The molecule has 1 heterocycles. The summed E-state index contributed by atoms with van der Waals surface area (Å²) in [5.41, 5.74) is 8.20. The van der Waals surface area contributed by atoms with Crippen LogP contribution >= 0.6 is 0 Å². The Labute approximate surface area is 158 Å². The van der Waals surface area contributed by atoms with Gasteiger partial charge in [0.15, 0.2) is 6.29 Å². The first-order chi connectivity index (χ1) is 12.9. The highest BCUT2D eigenvalue weighted by Gasteiger charge is 2.20. The molecule has 0 aromatic rings. The van der Waals surface area contributed by atoms with Crippen LogP contribution in [0.15, 0.2) is 5.11 Å². The third-order valence-corrected chi connectivity index (χ3v) is 4.17. The summed E-state index contributed by atoms with van der Waals surface area (Å²) in [6.45, 7) is 4.03. The third kappa shape index (κ3) is 11.4. The van der Waals surface area contributed by atoms with Crippen LogP contribution < -0.4 is 5.32 Å². The summed E-state index contributed by atoms with van der Waals surface area (Å²) in [6.07, 6.45) is -0.906. The fraction of sp³-hybridized carbons (Fsp3) is 0.867. The van der Waals surface area contributed by atoms with Gasteiger partial charge in [0.1, 0.15) is 0 Å². The molecule has 0 saturated carbocycles. The Morgan fingerprint density at radius 2 is 1.59 bits per heavy atom. The lowest BCUT2D eigenvalue weighted by atomic mass is 10.3. The SMILES string of the molecule is [N-]=[N+]=NCCCNC(=O)CN1CCN(CC(=O)O)CCN(CC(O)O)CC1. The second-order valence-corrected chi connectivity index (χ2v) is 6.39. The number of carbonyl (C=O) groups excluding carboxylic acids is 1. The molecule has 0 aliphatic carbocycles. The molecule has 0 spiro atoms. The highest BCUT2D eigenvalue weighted by molar-refractivity contribution is 5.77. The van der Waals surface area contributed by atoms with Crippen LogP contribution in [0.2, 0.25) is 0 Å². The molecule has 1 rings (SSSR count). The summed E-state index contributed by atoms with van der Waals surface area (Å²) in [5, 5.41) is 33.6. The Morgan fingerprint density at radius 1 is 1.04 bits per heavy atom. The lowest BCUT2D eigenvalue weighted by molar-refractivity contribution is -0.138. The predicted molar refractivity (Wildman–Crippen MR) is 96.8 cm³/mol. The number of β-amino-alcohol motifs (C(OH)–C–C–N with tert-alkyl or cyclic N) is 2. The van der Waals surface area contributed by atoms with Crippen molar-refractivity contribution in [3.63, 3.8) is 0 Å². The molecule has 0 atom stereocenters. The van der Waals surface area contributed by atoms with Gasteiger partial charge in [-0.3, -0.25) is 24.3 Å². The van der Waals surface area contributed by atoms with E-state index in [9.17, 15) is 19.8 Å². The molecule has 27 heavy (non-hydrogen) atoms. The first-order valence-corrected chi connectivity index (χ1v) is 8.93. The van der Waals surface area contributed by atoms with Crippen molar-refractivity contribution in [2.45, 2.75) is 12.7 Å². The van der Waals surface area contributed by atoms with Crippen LogP contribution in [0.25, 0.3) is 10.4 Å². The number of nitrogens with zero attached hydrogens (tertiary/aromatic N) is 6. The van der Waals surface area contributed by atoms with Crippen LogP contribution in [-0.4, -0.2) is 120 Å². The van der Waals surface area contributed by atoms with E-state index in [1.54, 1.807) is 4.90 Å². The highest BCUT2D eigenvalue weighted by atomic mass is 16.5. The number of hydrogen-bond acceptors (Lipinski definition) is 8. The normalized spacial score (nSPS) is 17.6. The van der Waals surface area contributed by atoms with Crippen molar-refractivity contribution in [1.29, 1.82) is 0 Å². The van der Waals surface area contributed by atoms with Gasteiger partial charge in [0.25, 0.3) is 0 Å². The van der Waals surface area contributed by atoms with Crippen LogP contribution in [0, 0.1) is 0 Å². The van der Waals surface area contributed by atoms with Crippen LogP contribution in [0.3, 0.4) is 0 Å². The quantitative estimate of drug-likeness (QED) is 0.111. The summed E-state index contributed by atoms with van der Waals surface area (Å²) >= 11 is 0. The van der Waals surface area contributed by atoms with Crippen LogP contribution in [0.5, 0.6) is 0 Å². The predicted octanol–water partition coefficient (Wildman–Crippen LogP) is -1.88. The van der Waals surface area contributed by atoms with E-state index in [2.05, 4.69) is 15.3 Å². The lowest BCUT2D eigenvalue weighted by Crippen LogP contribution is -2.43. The zero-order valence-electron chi connectivity index (χ0n) is 15.4. The van der Waals surface area contributed by atoms with Gasteiger partial charge in [-0.15, -0.1) is 0 Å². The van der Waals surface area contributed by atoms with E-state index in [-0.39, 0.29) is 25.5 Å². The molecule has 0 aromatic carbocycles. The summed E-state index contributed by atoms with van der Waals surface area (Å²) in [7, 11) is 0. The minimum atomic E-state index is -1.47. The van der Waals surface area contributed by atoms with Gasteiger partial charge in [0.05, 0.1) is 13.1 Å². The number of carbonyl (C=O) groups is 2.